The Labute approximate surface area is 203 Å². The highest BCUT2D eigenvalue weighted by molar-refractivity contribution is 7.98. The third kappa shape index (κ3) is 5.22. The molecule has 2 aliphatic rings. The highest BCUT2D eigenvalue weighted by atomic mass is 32.2. The number of benzene rings is 2. The van der Waals surface area contributed by atoms with Gasteiger partial charge in [-0.05, 0) is 53.5 Å². The molecule has 34 heavy (non-hydrogen) atoms. The molecular formula is C26H30N2O5S. The van der Waals surface area contributed by atoms with Gasteiger partial charge in [0.25, 0.3) is 0 Å². The first-order chi connectivity index (χ1) is 16.5. The second-order valence-electron chi connectivity index (χ2n) is 8.79. The van der Waals surface area contributed by atoms with E-state index in [1.807, 2.05) is 30.5 Å². The van der Waals surface area contributed by atoms with Gasteiger partial charge in [-0.2, -0.15) is 11.8 Å². The van der Waals surface area contributed by atoms with Crippen molar-refractivity contribution in [2.24, 2.45) is 5.92 Å². The van der Waals surface area contributed by atoms with Crippen LogP contribution in [0.2, 0.25) is 0 Å². The van der Waals surface area contributed by atoms with Crippen LogP contribution in [0.3, 0.4) is 0 Å². The second-order valence-corrected chi connectivity index (χ2v) is 9.78. The Bertz CT molecular complexity index is 1010. The molecule has 7 nitrogen and oxygen atoms in total. The molecule has 1 saturated carbocycles. The normalized spacial score (nSPS) is 19.7. The number of carbonyl (C=O) groups is 3. The molecule has 1 unspecified atom stereocenters. The average Bonchev–Trinajstić information content (AvgIpc) is 3.42. The first-order valence-corrected chi connectivity index (χ1v) is 13.0. The summed E-state index contributed by atoms with van der Waals surface area (Å²) in [6.07, 6.45) is 3.75. The lowest BCUT2D eigenvalue weighted by atomic mass is 9.98. The van der Waals surface area contributed by atoms with Gasteiger partial charge in [0.1, 0.15) is 12.6 Å². The monoisotopic (exact) mass is 482 g/mol. The number of ether oxygens (including phenoxy) is 1. The Hall–Kier alpha value is -3.00. The van der Waals surface area contributed by atoms with Crippen LogP contribution in [-0.4, -0.2) is 53.8 Å². The van der Waals surface area contributed by atoms with Gasteiger partial charge in [0.15, 0.2) is 0 Å². The Balaban J connectivity index is 1.35. The van der Waals surface area contributed by atoms with E-state index in [0.29, 0.717) is 25.0 Å². The van der Waals surface area contributed by atoms with E-state index in [-0.39, 0.29) is 24.5 Å². The molecule has 8 heteroatoms. The lowest BCUT2D eigenvalue weighted by Crippen LogP contribution is -2.49. The van der Waals surface area contributed by atoms with Crippen LogP contribution in [0.15, 0.2) is 48.5 Å². The predicted octanol–water partition coefficient (Wildman–Crippen LogP) is 4.02. The second kappa shape index (κ2) is 11.0. The number of nitrogens with one attached hydrogen (secondary N) is 2. The van der Waals surface area contributed by atoms with Crippen LogP contribution >= 0.6 is 11.8 Å². The Morgan fingerprint density at radius 2 is 1.71 bits per heavy atom. The summed E-state index contributed by atoms with van der Waals surface area (Å²) in [5, 5.41) is 14.9. The predicted molar refractivity (Wildman–Crippen MR) is 132 cm³/mol. The Morgan fingerprint density at radius 3 is 2.32 bits per heavy atom. The zero-order chi connectivity index (χ0) is 24.1. The highest BCUT2D eigenvalue weighted by Gasteiger charge is 2.36. The summed E-state index contributed by atoms with van der Waals surface area (Å²) in [5.74, 6) is -1.22. The third-order valence-corrected chi connectivity index (χ3v) is 7.37. The number of carboxylic acids is 1. The fourth-order valence-corrected chi connectivity index (χ4v) is 5.48. The average molecular weight is 483 g/mol. The fraction of sp³-hybridized carbons (Fsp3) is 0.423. The molecule has 0 aliphatic heterocycles. The zero-order valence-electron chi connectivity index (χ0n) is 19.2. The van der Waals surface area contributed by atoms with Crippen molar-refractivity contribution in [2.75, 3.05) is 18.6 Å². The number of aliphatic carboxylic acids is 1. The van der Waals surface area contributed by atoms with Crippen molar-refractivity contribution < 1.29 is 24.2 Å². The van der Waals surface area contributed by atoms with Gasteiger partial charge in [-0.3, -0.25) is 4.79 Å². The molecule has 1 fully saturated rings. The highest BCUT2D eigenvalue weighted by Crippen LogP contribution is 2.44. The van der Waals surface area contributed by atoms with Crippen molar-refractivity contribution in [3.63, 3.8) is 0 Å². The molecule has 0 heterocycles. The zero-order valence-corrected chi connectivity index (χ0v) is 20.0. The lowest BCUT2D eigenvalue weighted by Gasteiger charge is -2.23. The van der Waals surface area contributed by atoms with Crippen LogP contribution in [0.25, 0.3) is 11.1 Å². The van der Waals surface area contributed by atoms with Crippen molar-refractivity contribution in [3.05, 3.63) is 59.7 Å². The summed E-state index contributed by atoms with van der Waals surface area (Å²) in [4.78, 5) is 36.9. The van der Waals surface area contributed by atoms with Crippen LogP contribution < -0.4 is 10.6 Å². The molecule has 2 amide bonds. The molecule has 0 aromatic heterocycles. The van der Waals surface area contributed by atoms with Gasteiger partial charge in [-0.15, -0.1) is 0 Å². The van der Waals surface area contributed by atoms with E-state index in [2.05, 4.69) is 34.9 Å². The topological polar surface area (TPSA) is 105 Å². The van der Waals surface area contributed by atoms with Crippen LogP contribution in [0, 0.1) is 5.92 Å². The lowest BCUT2D eigenvalue weighted by molar-refractivity contribution is -0.142. The molecule has 180 valence electrons. The minimum Gasteiger partial charge on any atom is -0.480 e. The summed E-state index contributed by atoms with van der Waals surface area (Å²) in [5.41, 5.74) is 4.60. The minimum atomic E-state index is -1.04. The van der Waals surface area contributed by atoms with Crippen LogP contribution in [-0.2, 0) is 14.3 Å². The number of rotatable bonds is 9. The largest absolute Gasteiger partial charge is 0.480 e. The summed E-state index contributed by atoms with van der Waals surface area (Å²) < 4.78 is 5.62. The van der Waals surface area contributed by atoms with E-state index < -0.39 is 24.0 Å². The summed E-state index contributed by atoms with van der Waals surface area (Å²) >= 11 is 1.53. The smallest absolute Gasteiger partial charge is 0.407 e. The third-order valence-electron chi connectivity index (χ3n) is 6.72. The van der Waals surface area contributed by atoms with Gasteiger partial charge in [0.05, 0.1) is 5.92 Å². The Kier molecular flexibility index (Phi) is 7.77. The quantitative estimate of drug-likeness (QED) is 0.499. The van der Waals surface area contributed by atoms with Crippen molar-refractivity contribution in [1.82, 2.24) is 10.6 Å². The van der Waals surface area contributed by atoms with Gasteiger partial charge < -0.3 is 20.5 Å². The van der Waals surface area contributed by atoms with Crippen LogP contribution in [0.4, 0.5) is 4.79 Å². The molecule has 2 aliphatic carbocycles. The van der Waals surface area contributed by atoms with E-state index in [9.17, 15) is 19.5 Å². The maximum Gasteiger partial charge on any atom is 0.407 e. The van der Waals surface area contributed by atoms with E-state index in [1.54, 1.807) is 0 Å². The summed E-state index contributed by atoms with van der Waals surface area (Å²) in [7, 11) is 0. The van der Waals surface area contributed by atoms with Gasteiger partial charge in [-0.1, -0.05) is 55.0 Å². The van der Waals surface area contributed by atoms with Crippen molar-refractivity contribution in [2.45, 2.75) is 43.7 Å². The first kappa shape index (κ1) is 24.1. The Morgan fingerprint density at radius 1 is 1.06 bits per heavy atom. The van der Waals surface area contributed by atoms with Crippen molar-refractivity contribution in [1.29, 1.82) is 0 Å². The number of alkyl carbamates (subject to hydrolysis) is 1. The van der Waals surface area contributed by atoms with E-state index in [0.717, 1.165) is 28.7 Å². The van der Waals surface area contributed by atoms with Crippen LogP contribution in [0.5, 0.6) is 0 Å². The molecule has 2 aromatic rings. The molecule has 2 aromatic carbocycles. The molecule has 3 N–H and O–H groups in total. The number of hydrogen-bond acceptors (Lipinski definition) is 5. The van der Waals surface area contributed by atoms with Gasteiger partial charge in [0.2, 0.25) is 5.91 Å². The standard InChI is InChI=1S/C26H30N2O5S/c1-34-14-13-23(25(30)31)27-24(29)20-11-6-12-22(20)28-26(32)33-15-21-18-9-4-2-7-16(18)17-8-3-5-10-19(17)21/h2-5,7-10,20-23H,6,11-15H2,1H3,(H,27,29)(H,28,32)(H,30,31)/t20-,22+,23?/m1/s1. The maximum atomic E-state index is 12.8. The molecular weight excluding hydrogens is 452 g/mol. The number of carboxylic acid groups (broad SMARTS) is 1. The minimum absolute atomic E-state index is 0.0337. The fourth-order valence-electron chi connectivity index (χ4n) is 5.01. The number of hydrogen-bond donors (Lipinski definition) is 3. The van der Waals surface area contributed by atoms with E-state index in [4.69, 9.17) is 4.74 Å². The maximum absolute atomic E-state index is 12.8. The van der Waals surface area contributed by atoms with E-state index >= 15 is 0 Å². The molecule has 0 saturated heterocycles. The number of amides is 2. The van der Waals surface area contributed by atoms with Crippen LogP contribution in [0.1, 0.15) is 42.7 Å². The summed E-state index contributed by atoms with van der Waals surface area (Å²) in [6, 6.07) is 15.0. The van der Waals surface area contributed by atoms with Crippen molar-refractivity contribution in [3.8, 4) is 11.1 Å². The van der Waals surface area contributed by atoms with Crippen molar-refractivity contribution >= 4 is 29.7 Å². The van der Waals surface area contributed by atoms with Gasteiger partial charge in [-0.25, -0.2) is 9.59 Å². The SMILES string of the molecule is CSCCC(NC(=O)[C@@H]1CCC[C@@H]1NC(=O)OCC1c2ccccc2-c2ccccc21)C(=O)O. The summed E-state index contributed by atoms with van der Waals surface area (Å²) in [6.45, 7) is 0.208. The molecule has 4 rings (SSSR count). The van der Waals surface area contributed by atoms with Gasteiger partial charge in [0, 0.05) is 12.0 Å². The molecule has 3 atom stereocenters. The molecule has 0 bridgehead atoms. The first-order valence-electron chi connectivity index (χ1n) is 11.6. The number of thioether (sulfide) groups is 1. The molecule has 0 radical (unpaired) electrons. The number of carbonyl (C=O) groups excluding carboxylic acids is 2. The van der Waals surface area contributed by atoms with Gasteiger partial charge >= 0.3 is 12.1 Å². The number of fused-ring (bicyclic) bond motifs is 3. The molecule has 0 spiro atoms. The van der Waals surface area contributed by atoms with E-state index in [1.165, 1.54) is 11.8 Å².